The molecule has 0 nitrogen and oxygen atoms in total. The van der Waals surface area contributed by atoms with Crippen LogP contribution in [0.25, 0.3) is 0 Å². The van der Waals surface area contributed by atoms with E-state index in [1.165, 1.54) is 22.3 Å². The van der Waals surface area contributed by atoms with Crippen LogP contribution in [0.1, 0.15) is 54.3 Å². The molecule has 2 rings (SSSR count). The lowest BCUT2D eigenvalue weighted by Gasteiger charge is -2.24. The third-order valence-corrected chi connectivity index (χ3v) is 5.89. The number of halogens is 2. The predicted molar refractivity (Wildman–Crippen MR) is 99.4 cm³/mol. The molecule has 112 valence electrons. The Morgan fingerprint density at radius 2 is 1.67 bits per heavy atom. The van der Waals surface area contributed by atoms with Crippen LogP contribution in [-0.2, 0) is 5.41 Å². The first-order valence-corrected chi connectivity index (χ1v) is 9.06. The van der Waals surface area contributed by atoms with Gasteiger partial charge in [0.25, 0.3) is 0 Å². The van der Waals surface area contributed by atoms with Crippen LogP contribution in [0.5, 0.6) is 0 Å². The fourth-order valence-corrected chi connectivity index (χ4v) is 3.70. The van der Waals surface area contributed by atoms with Crippen LogP contribution >= 0.6 is 31.9 Å². The van der Waals surface area contributed by atoms with Crippen LogP contribution in [0.4, 0.5) is 0 Å². The van der Waals surface area contributed by atoms with E-state index in [1.807, 2.05) is 0 Å². The Morgan fingerprint density at radius 3 is 2.19 bits per heavy atom. The highest BCUT2D eigenvalue weighted by molar-refractivity contribution is 9.10. The number of benzene rings is 2. The van der Waals surface area contributed by atoms with E-state index >= 15 is 0 Å². The molecule has 0 saturated heterocycles. The molecule has 0 saturated carbocycles. The van der Waals surface area contributed by atoms with Crippen molar-refractivity contribution in [2.24, 2.45) is 0 Å². The Bertz CT molecular complexity index is 612. The number of hydrogen-bond donors (Lipinski definition) is 0. The zero-order valence-electron chi connectivity index (χ0n) is 13.1. The van der Waals surface area contributed by atoms with Gasteiger partial charge < -0.3 is 0 Å². The van der Waals surface area contributed by atoms with Gasteiger partial charge in [0.05, 0.1) is 4.83 Å². The lowest BCUT2D eigenvalue weighted by molar-refractivity contribution is 0.506. The smallest absolute Gasteiger partial charge is 0.0647 e. The van der Waals surface area contributed by atoms with Crippen molar-refractivity contribution in [3.63, 3.8) is 0 Å². The molecule has 1 unspecified atom stereocenters. The van der Waals surface area contributed by atoms with Gasteiger partial charge in [-0.25, -0.2) is 0 Å². The van der Waals surface area contributed by atoms with E-state index in [9.17, 15) is 0 Å². The fraction of sp³-hybridized carbons (Fsp3) is 0.368. The highest BCUT2D eigenvalue weighted by atomic mass is 79.9. The summed E-state index contributed by atoms with van der Waals surface area (Å²) in [5, 5.41) is 0. The van der Waals surface area contributed by atoms with Crippen molar-refractivity contribution in [1.82, 2.24) is 0 Å². The van der Waals surface area contributed by atoms with Gasteiger partial charge in [0.2, 0.25) is 0 Å². The van der Waals surface area contributed by atoms with Gasteiger partial charge >= 0.3 is 0 Å². The lowest BCUT2D eigenvalue weighted by Crippen LogP contribution is -2.15. The van der Waals surface area contributed by atoms with Crippen molar-refractivity contribution in [3.8, 4) is 0 Å². The first-order chi connectivity index (χ1) is 9.85. The molecule has 2 aromatic carbocycles. The molecule has 2 aromatic rings. The predicted octanol–water partition coefficient (Wildman–Crippen LogP) is 6.93. The van der Waals surface area contributed by atoms with E-state index in [-0.39, 0.29) is 10.2 Å². The minimum absolute atomic E-state index is 0.240. The summed E-state index contributed by atoms with van der Waals surface area (Å²) >= 11 is 7.37. The van der Waals surface area contributed by atoms with Crippen molar-refractivity contribution in [2.45, 2.75) is 44.4 Å². The first kappa shape index (κ1) is 16.8. The van der Waals surface area contributed by atoms with Gasteiger partial charge in [0.1, 0.15) is 0 Å². The Morgan fingerprint density at radius 1 is 1.05 bits per heavy atom. The van der Waals surface area contributed by atoms with Crippen LogP contribution in [0.3, 0.4) is 0 Å². The molecule has 0 aliphatic rings. The average Bonchev–Trinajstić information content (AvgIpc) is 2.47. The summed E-state index contributed by atoms with van der Waals surface area (Å²) in [5.41, 5.74) is 5.57. The van der Waals surface area contributed by atoms with E-state index < -0.39 is 0 Å². The molecule has 0 aliphatic heterocycles. The second kappa shape index (κ2) is 6.66. The second-order valence-corrected chi connectivity index (χ2v) is 8.05. The van der Waals surface area contributed by atoms with Crippen LogP contribution < -0.4 is 0 Å². The highest BCUT2D eigenvalue weighted by Gasteiger charge is 2.19. The summed E-state index contributed by atoms with van der Waals surface area (Å²) in [5.74, 6) is 0. The maximum Gasteiger partial charge on any atom is 0.0647 e. The van der Waals surface area contributed by atoms with Crippen LogP contribution in [0.2, 0.25) is 0 Å². The number of aryl methyl sites for hydroxylation is 1. The van der Waals surface area contributed by atoms with Crippen molar-refractivity contribution in [3.05, 3.63) is 69.2 Å². The van der Waals surface area contributed by atoms with Crippen LogP contribution in [0, 0.1) is 6.92 Å². The SMILES string of the molecule is CCC(C)(C)c1ccc(C(Br)c2ccc(Br)cc2C)cc1. The molecule has 0 radical (unpaired) electrons. The number of alkyl halides is 1. The monoisotopic (exact) mass is 408 g/mol. The summed E-state index contributed by atoms with van der Waals surface area (Å²) in [6, 6.07) is 15.5. The van der Waals surface area contributed by atoms with Gasteiger partial charge in [-0.3, -0.25) is 0 Å². The zero-order valence-corrected chi connectivity index (χ0v) is 16.3. The van der Waals surface area contributed by atoms with Gasteiger partial charge in [-0.15, -0.1) is 0 Å². The van der Waals surface area contributed by atoms with Crippen molar-refractivity contribution < 1.29 is 0 Å². The molecular weight excluding hydrogens is 388 g/mol. The minimum atomic E-state index is 0.240. The summed E-state index contributed by atoms with van der Waals surface area (Å²) in [6.07, 6.45) is 1.15. The van der Waals surface area contributed by atoms with Crippen LogP contribution in [0.15, 0.2) is 46.9 Å². The van der Waals surface area contributed by atoms with E-state index in [0.717, 1.165) is 10.9 Å². The van der Waals surface area contributed by atoms with E-state index in [0.29, 0.717) is 0 Å². The Labute approximate surface area is 145 Å². The second-order valence-electron chi connectivity index (χ2n) is 6.22. The normalized spacial score (nSPS) is 13.2. The maximum atomic E-state index is 3.85. The van der Waals surface area contributed by atoms with Gasteiger partial charge in [-0.1, -0.05) is 83.0 Å². The molecule has 0 heterocycles. The van der Waals surface area contributed by atoms with Crippen molar-refractivity contribution in [2.75, 3.05) is 0 Å². The molecular formula is C19H22Br2. The maximum absolute atomic E-state index is 3.85. The minimum Gasteiger partial charge on any atom is -0.0786 e. The van der Waals surface area contributed by atoms with Crippen molar-refractivity contribution >= 4 is 31.9 Å². The van der Waals surface area contributed by atoms with E-state index in [1.54, 1.807) is 0 Å². The fourth-order valence-electron chi connectivity index (χ4n) is 2.41. The molecule has 0 N–H and O–H groups in total. The first-order valence-electron chi connectivity index (χ1n) is 7.35. The zero-order chi connectivity index (χ0) is 15.6. The van der Waals surface area contributed by atoms with Gasteiger partial charge in [-0.05, 0) is 53.1 Å². The molecule has 0 aliphatic carbocycles. The highest BCUT2D eigenvalue weighted by Crippen LogP contribution is 2.35. The van der Waals surface area contributed by atoms with Gasteiger partial charge in [-0.2, -0.15) is 0 Å². The van der Waals surface area contributed by atoms with Gasteiger partial charge in [0, 0.05) is 4.47 Å². The Kier molecular flexibility index (Phi) is 5.32. The third-order valence-electron chi connectivity index (χ3n) is 4.37. The van der Waals surface area contributed by atoms with E-state index in [4.69, 9.17) is 0 Å². The largest absolute Gasteiger partial charge is 0.0786 e. The standard InChI is InChI=1S/C19H22Br2/c1-5-19(3,4)15-8-6-14(7-9-15)18(21)17-11-10-16(20)12-13(17)2/h6-12,18H,5H2,1-4H3. The summed E-state index contributed by atoms with van der Waals surface area (Å²) in [7, 11) is 0. The van der Waals surface area contributed by atoms with Gasteiger partial charge in [0.15, 0.2) is 0 Å². The van der Waals surface area contributed by atoms with E-state index in [2.05, 4.69) is 102 Å². The third kappa shape index (κ3) is 3.78. The molecule has 21 heavy (non-hydrogen) atoms. The van der Waals surface area contributed by atoms with Crippen molar-refractivity contribution in [1.29, 1.82) is 0 Å². The Hall–Kier alpha value is -0.600. The molecule has 0 spiro atoms. The summed E-state index contributed by atoms with van der Waals surface area (Å²) < 4.78 is 1.13. The molecule has 0 bridgehead atoms. The molecule has 0 fully saturated rings. The number of hydrogen-bond acceptors (Lipinski definition) is 0. The molecule has 0 amide bonds. The Balaban J connectivity index is 2.30. The average molecular weight is 410 g/mol. The topological polar surface area (TPSA) is 0 Å². The number of rotatable bonds is 4. The quantitative estimate of drug-likeness (QED) is 0.480. The summed E-state index contributed by atoms with van der Waals surface area (Å²) in [4.78, 5) is 0.240. The lowest BCUT2D eigenvalue weighted by atomic mass is 9.82. The molecule has 0 aromatic heterocycles. The molecule has 1 atom stereocenters. The molecule has 2 heteroatoms. The van der Waals surface area contributed by atoms with Crippen LogP contribution in [-0.4, -0.2) is 0 Å². The summed E-state index contributed by atoms with van der Waals surface area (Å²) in [6.45, 7) is 8.99.